The SMILES string of the molecule is O=C1C/C(=C\c2cnn3c(NC4CC4)cc(Nc4cc(Cl)ccc4F)nc23)C(=O)N1.O=C1C/C(=C\c2cnn3c(NC4CC4)cc(Nc4cc(Cl)ccc4F)nc23)C(=O)N1CO. The molecule has 4 aliphatic rings. The number of anilines is 6. The lowest BCUT2D eigenvalue weighted by molar-refractivity contribution is -0.141. The highest BCUT2D eigenvalue weighted by Gasteiger charge is 2.34. The largest absolute Gasteiger partial charge is 0.376 e. The summed E-state index contributed by atoms with van der Waals surface area (Å²) in [5, 5.41) is 33.7. The number of aliphatic hydroxyl groups is 1. The van der Waals surface area contributed by atoms with Gasteiger partial charge in [-0.3, -0.25) is 29.4 Å². The van der Waals surface area contributed by atoms with E-state index in [0.717, 1.165) is 30.6 Å². The van der Waals surface area contributed by atoms with Crippen molar-refractivity contribution in [2.45, 2.75) is 50.6 Å². The van der Waals surface area contributed by atoms with Gasteiger partial charge in [0, 0.05) is 56.5 Å². The summed E-state index contributed by atoms with van der Waals surface area (Å²) in [6.07, 6.45) is 10.3. The zero-order chi connectivity index (χ0) is 43.2. The van der Waals surface area contributed by atoms with Crippen LogP contribution in [0.1, 0.15) is 49.7 Å². The number of aliphatic hydroxyl groups excluding tert-OH is 1. The summed E-state index contributed by atoms with van der Waals surface area (Å²) < 4.78 is 31.7. The van der Waals surface area contributed by atoms with Crippen molar-refractivity contribution in [3.63, 3.8) is 0 Å². The fourth-order valence-corrected chi connectivity index (χ4v) is 7.05. The van der Waals surface area contributed by atoms with Crippen molar-refractivity contribution < 1.29 is 33.1 Å². The van der Waals surface area contributed by atoms with Gasteiger partial charge in [-0.15, -0.1) is 0 Å². The predicted molar refractivity (Wildman–Crippen MR) is 226 cm³/mol. The third-order valence-electron chi connectivity index (χ3n) is 10.1. The van der Waals surface area contributed by atoms with Gasteiger partial charge in [-0.1, -0.05) is 23.2 Å². The van der Waals surface area contributed by atoms with E-state index in [0.29, 0.717) is 73.4 Å². The second kappa shape index (κ2) is 16.5. The number of carbonyl (C=O) groups is 4. The number of aromatic nitrogens is 6. The van der Waals surface area contributed by atoms with Gasteiger partial charge in [0.15, 0.2) is 11.3 Å². The van der Waals surface area contributed by atoms with Gasteiger partial charge in [-0.25, -0.2) is 18.7 Å². The first-order chi connectivity index (χ1) is 29.9. The van der Waals surface area contributed by atoms with Crippen LogP contribution in [0.5, 0.6) is 0 Å². The Bertz CT molecular complexity index is 2910. The molecule has 2 aliphatic heterocycles. The number of amides is 4. The minimum atomic E-state index is -0.670. The molecule has 6 heterocycles. The maximum absolute atomic E-state index is 14.2. The monoisotopic (exact) mass is 882 g/mol. The normalized spacial score (nSPS) is 17.6. The summed E-state index contributed by atoms with van der Waals surface area (Å²) in [4.78, 5) is 57.6. The lowest BCUT2D eigenvalue weighted by Crippen LogP contribution is -2.29. The minimum Gasteiger partial charge on any atom is -0.376 e. The molecule has 21 heteroatoms. The fourth-order valence-electron chi connectivity index (χ4n) is 6.71. The van der Waals surface area contributed by atoms with Gasteiger partial charge >= 0.3 is 0 Å². The van der Waals surface area contributed by atoms with Crippen LogP contribution in [-0.4, -0.2) is 81.6 Å². The van der Waals surface area contributed by atoms with Crippen LogP contribution in [0.3, 0.4) is 0 Å². The summed E-state index contributed by atoms with van der Waals surface area (Å²) in [6, 6.07) is 12.5. The molecule has 2 aromatic carbocycles. The van der Waals surface area contributed by atoms with Crippen molar-refractivity contribution in [2.24, 2.45) is 0 Å². The van der Waals surface area contributed by atoms with E-state index in [-0.39, 0.29) is 35.7 Å². The van der Waals surface area contributed by atoms with Crippen molar-refractivity contribution >= 4 is 105 Å². The molecular formula is C41H34Cl2F2N12O5. The standard InChI is InChI=1S/C21H18ClFN6O3.C20H16ClFN6O2/c22-13-1-4-15(23)16(7-13)26-17-8-18(25-14-2-3-14)29-20(27-17)12(9-24-29)5-11-6-19(31)28(10-30)21(11)32;21-12-1-4-14(22)15(7-12)25-16-8-17(24-13-2-3-13)28-19(26-16)11(9-23-28)5-10-6-18(29)27-20(10)30/h1,4-5,7-9,14,25,30H,2-3,6,10H2,(H,26,27);1,4-5,7-9,13,24H,2-3,6H2,(H,25,26)(H,27,29,30)/b11-5+;10-5+. The summed E-state index contributed by atoms with van der Waals surface area (Å²) in [5.41, 5.74) is 2.89. The highest BCUT2D eigenvalue weighted by Crippen LogP contribution is 2.32. The first kappa shape index (κ1) is 40.4. The number of fused-ring (bicyclic) bond motifs is 2. The number of benzene rings is 2. The van der Waals surface area contributed by atoms with E-state index >= 15 is 0 Å². The Kier molecular flexibility index (Phi) is 10.8. The van der Waals surface area contributed by atoms with Crippen LogP contribution in [0, 0.1) is 11.6 Å². The van der Waals surface area contributed by atoms with E-state index in [2.05, 4.69) is 46.7 Å². The average Bonchev–Trinajstić information content (AvgIpc) is 4.10. The maximum atomic E-state index is 14.2. The van der Waals surface area contributed by atoms with Crippen LogP contribution in [-0.2, 0) is 19.2 Å². The first-order valence-electron chi connectivity index (χ1n) is 19.3. The van der Waals surface area contributed by atoms with E-state index in [4.69, 9.17) is 23.2 Å². The van der Waals surface area contributed by atoms with Gasteiger partial charge in [-0.05, 0) is 74.2 Å². The molecule has 316 valence electrons. The Balaban J connectivity index is 0.000000158. The van der Waals surface area contributed by atoms with Crippen LogP contribution < -0.4 is 26.6 Å². The van der Waals surface area contributed by atoms with E-state index in [1.54, 1.807) is 33.4 Å². The number of likely N-dealkylation sites (tertiary alicyclic amines) is 1. The van der Waals surface area contributed by atoms with E-state index in [9.17, 15) is 33.1 Å². The highest BCUT2D eigenvalue weighted by molar-refractivity contribution is 6.31. The molecule has 62 heavy (non-hydrogen) atoms. The molecule has 4 fully saturated rings. The molecule has 6 aromatic rings. The quantitative estimate of drug-likeness (QED) is 0.0633. The topological polar surface area (TPSA) is 212 Å². The zero-order valence-electron chi connectivity index (χ0n) is 32.3. The van der Waals surface area contributed by atoms with Crippen LogP contribution >= 0.6 is 23.2 Å². The Morgan fingerprint density at radius 2 is 1.23 bits per heavy atom. The first-order valence-corrected chi connectivity index (χ1v) is 20.1. The van der Waals surface area contributed by atoms with E-state index in [1.807, 2.05) is 0 Å². The summed E-state index contributed by atoms with van der Waals surface area (Å²) >= 11 is 12.0. The second-order valence-corrected chi connectivity index (χ2v) is 15.8. The van der Waals surface area contributed by atoms with Crippen molar-refractivity contribution in [1.29, 1.82) is 0 Å². The van der Waals surface area contributed by atoms with Crippen molar-refractivity contribution in [3.8, 4) is 0 Å². The minimum absolute atomic E-state index is 0.00895. The van der Waals surface area contributed by atoms with Crippen molar-refractivity contribution in [2.75, 3.05) is 28.0 Å². The molecule has 0 bridgehead atoms. The lowest BCUT2D eigenvalue weighted by Gasteiger charge is -2.12. The second-order valence-electron chi connectivity index (χ2n) is 14.9. The number of nitrogens with one attached hydrogen (secondary N) is 5. The molecule has 0 radical (unpaired) electrons. The number of nitrogens with zero attached hydrogens (tertiary/aromatic N) is 7. The van der Waals surface area contributed by atoms with Gasteiger partial charge in [0.1, 0.15) is 41.6 Å². The fraction of sp³-hybridized carbons (Fsp3) is 0.220. The molecule has 17 nitrogen and oxygen atoms in total. The molecule has 2 aliphatic carbocycles. The van der Waals surface area contributed by atoms with Gasteiger partial charge in [0.25, 0.3) is 11.8 Å². The average molecular weight is 884 g/mol. The van der Waals surface area contributed by atoms with Gasteiger partial charge in [0.2, 0.25) is 11.8 Å². The number of carbonyl (C=O) groups excluding carboxylic acids is 4. The zero-order valence-corrected chi connectivity index (χ0v) is 33.8. The molecule has 4 aromatic heterocycles. The van der Waals surface area contributed by atoms with Crippen molar-refractivity contribution in [3.05, 3.63) is 105 Å². The molecule has 6 N–H and O–H groups in total. The Hall–Kier alpha value is -6.96. The van der Waals surface area contributed by atoms with E-state index in [1.165, 1.54) is 48.7 Å². The number of halogens is 4. The van der Waals surface area contributed by atoms with Gasteiger partial charge < -0.3 is 26.4 Å². The smallest absolute Gasteiger partial charge is 0.258 e. The molecule has 2 saturated carbocycles. The predicted octanol–water partition coefficient (Wildman–Crippen LogP) is 6.20. The molecule has 0 spiro atoms. The van der Waals surface area contributed by atoms with Crippen molar-refractivity contribution in [1.82, 2.24) is 39.4 Å². The summed E-state index contributed by atoms with van der Waals surface area (Å²) in [6.45, 7) is -0.670. The Morgan fingerprint density at radius 3 is 1.66 bits per heavy atom. The number of rotatable bonds is 11. The molecule has 0 unspecified atom stereocenters. The number of hydrogen-bond donors (Lipinski definition) is 6. The molecular weight excluding hydrogens is 849 g/mol. The number of hydrogen-bond acceptors (Lipinski definition) is 13. The number of imide groups is 2. The molecule has 2 saturated heterocycles. The molecule has 4 amide bonds. The van der Waals surface area contributed by atoms with Crippen LogP contribution in [0.25, 0.3) is 23.4 Å². The maximum Gasteiger partial charge on any atom is 0.258 e. The summed E-state index contributed by atoms with van der Waals surface area (Å²) in [7, 11) is 0. The van der Waals surface area contributed by atoms with E-state index < -0.39 is 36.1 Å². The highest BCUT2D eigenvalue weighted by atomic mass is 35.5. The molecule has 10 rings (SSSR count). The van der Waals surface area contributed by atoms with Gasteiger partial charge in [0.05, 0.1) is 36.6 Å². The van der Waals surface area contributed by atoms with Crippen LogP contribution in [0.2, 0.25) is 10.0 Å². The van der Waals surface area contributed by atoms with Gasteiger partial charge in [-0.2, -0.15) is 19.2 Å². The molecule has 0 atom stereocenters. The third-order valence-corrected chi connectivity index (χ3v) is 10.6. The Morgan fingerprint density at radius 1 is 0.726 bits per heavy atom. The lowest BCUT2D eigenvalue weighted by atomic mass is 10.1. The van der Waals surface area contributed by atoms with Crippen LogP contribution in [0.15, 0.2) is 72.1 Å². The summed E-state index contributed by atoms with van der Waals surface area (Å²) in [5.74, 6) is -0.658. The van der Waals surface area contributed by atoms with Crippen LogP contribution in [0.4, 0.5) is 43.4 Å². The Labute approximate surface area is 359 Å². The third kappa shape index (κ3) is 8.63.